The zero-order valence-corrected chi connectivity index (χ0v) is 13.9. The van der Waals surface area contributed by atoms with Crippen molar-refractivity contribution < 1.29 is 9.50 Å². The van der Waals surface area contributed by atoms with Gasteiger partial charge in [0.25, 0.3) is 0 Å². The van der Waals surface area contributed by atoms with Crippen molar-refractivity contribution in [2.75, 3.05) is 18.1 Å². The van der Waals surface area contributed by atoms with Crippen molar-refractivity contribution in [1.82, 2.24) is 0 Å². The van der Waals surface area contributed by atoms with Gasteiger partial charge in [-0.2, -0.15) is 0 Å². The Hall–Kier alpha value is -1.61. The van der Waals surface area contributed by atoms with Crippen LogP contribution in [0.3, 0.4) is 0 Å². The predicted octanol–water partition coefficient (Wildman–Crippen LogP) is 4.92. The molecule has 1 N–H and O–H groups in total. The molecule has 1 aliphatic rings. The van der Waals surface area contributed by atoms with Gasteiger partial charge in [-0.05, 0) is 36.3 Å². The van der Waals surface area contributed by atoms with Gasteiger partial charge in [0.15, 0.2) is 0 Å². The molecule has 0 amide bonds. The lowest BCUT2D eigenvalue weighted by molar-refractivity contribution is 0.305. The van der Waals surface area contributed by atoms with Crippen LogP contribution in [0.15, 0.2) is 31.0 Å². The molecule has 21 heavy (non-hydrogen) atoms. The third-order valence-corrected chi connectivity index (χ3v) is 2.73. The average molecular weight is 293 g/mol. The first-order valence-corrected chi connectivity index (χ1v) is 7.60. The second-order valence-electron chi connectivity index (χ2n) is 4.58. The molecule has 0 spiro atoms. The largest absolute Gasteiger partial charge is 0.395 e. The molecule has 1 aromatic rings. The Kier molecular flexibility index (Phi) is 9.39. The molecule has 2 nitrogen and oxygen atoms in total. The number of nitrogens with zero attached hydrogens (tertiary/aromatic N) is 1. The SMILES string of the molecule is C=C1C=CN(CCO)c2cc(F)c(C)cc21.CC.CCC. The summed E-state index contributed by atoms with van der Waals surface area (Å²) >= 11 is 0. The summed E-state index contributed by atoms with van der Waals surface area (Å²) in [5.74, 6) is -0.232. The summed E-state index contributed by atoms with van der Waals surface area (Å²) in [6.07, 6.45) is 4.94. The van der Waals surface area contributed by atoms with Gasteiger partial charge >= 0.3 is 0 Å². The zero-order chi connectivity index (χ0) is 16.4. The highest BCUT2D eigenvalue weighted by atomic mass is 19.1. The van der Waals surface area contributed by atoms with Crippen LogP contribution in [0.4, 0.5) is 10.1 Å². The van der Waals surface area contributed by atoms with Gasteiger partial charge < -0.3 is 10.0 Å². The van der Waals surface area contributed by atoms with E-state index >= 15 is 0 Å². The molecule has 0 unspecified atom stereocenters. The molecule has 2 rings (SSSR count). The number of aryl methyl sites for hydroxylation is 1. The Labute approximate surface area is 128 Å². The Morgan fingerprint density at radius 1 is 1.24 bits per heavy atom. The van der Waals surface area contributed by atoms with E-state index in [0.717, 1.165) is 16.8 Å². The number of aliphatic hydroxyl groups is 1. The van der Waals surface area contributed by atoms with Crippen LogP contribution >= 0.6 is 0 Å². The van der Waals surface area contributed by atoms with Crippen LogP contribution in [-0.2, 0) is 0 Å². The van der Waals surface area contributed by atoms with Gasteiger partial charge in [-0.1, -0.05) is 40.7 Å². The van der Waals surface area contributed by atoms with Crippen molar-refractivity contribution in [2.45, 2.75) is 41.0 Å². The summed E-state index contributed by atoms with van der Waals surface area (Å²) in [6, 6.07) is 3.29. The first kappa shape index (κ1) is 19.4. The fourth-order valence-electron chi connectivity index (χ4n) is 1.82. The normalized spacial score (nSPS) is 12.0. The summed E-state index contributed by atoms with van der Waals surface area (Å²) in [4.78, 5) is 1.83. The predicted molar refractivity (Wildman–Crippen MR) is 91.1 cm³/mol. The highest BCUT2D eigenvalue weighted by molar-refractivity contribution is 5.85. The number of anilines is 1. The second kappa shape index (κ2) is 10.2. The maximum atomic E-state index is 13.5. The number of hydrogen-bond acceptors (Lipinski definition) is 2. The number of allylic oxidation sites excluding steroid dienone is 2. The van der Waals surface area contributed by atoms with Gasteiger partial charge in [-0.25, -0.2) is 4.39 Å². The molecule has 3 heteroatoms. The highest BCUT2D eigenvalue weighted by Crippen LogP contribution is 2.33. The van der Waals surface area contributed by atoms with Crippen LogP contribution in [0.2, 0.25) is 0 Å². The number of rotatable bonds is 2. The minimum atomic E-state index is -0.232. The van der Waals surface area contributed by atoms with E-state index in [1.54, 1.807) is 13.0 Å². The van der Waals surface area contributed by atoms with Crippen LogP contribution in [0.1, 0.15) is 45.2 Å². The molecule has 1 aromatic carbocycles. The molecule has 0 aliphatic carbocycles. The fraction of sp³-hybridized carbons (Fsp3) is 0.444. The molecule has 1 heterocycles. The summed E-state index contributed by atoms with van der Waals surface area (Å²) in [7, 11) is 0. The number of fused-ring (bicyclic) bond motifs is 1. The third-order valence-electron chi connectivity index (χ3n) is 2.73. The standard InChI is InChI=1S/C13H14FNO.C3H8.C2H6/c1-9-3-4-15(5-6-16)13-8-12(14)10(2)7-11(9)13;1-3-2;1-2/h3-4,7-8,16H,1,5-6H2,2H3;3H2,1-2H3;1-2H3. The Morgan fingerprint density at radius 2 is 1.81 bits per heavy atom. The van der Waals surface area contributed by atoms with Crippen molar-refractivity contribution >= 4 is 11.3 Å². The Morgan fingerprint density at radius 3 is 2.33 bits per heavy atom. The zero-order valence-electron chi connectivity index (χ0n) is 13.9. The highest BCUT2D eigenvalue weighted by Gasteiger charge is 2.16. The molecular weight excluding hydrogens is 265 g/mol. The number of halogens is 1. The van der Waals surface area contributed by atoms with Crippen LogP contribution in [-0.4, -0.2) is 18.3 Å². The lowest BCUT2D eigenvalue weighted by atomic mass is 9.99. The fourth-order valence-corrected chi connectivity index (χ4v) is 1.82. The van der Waals surface area contributed by atoms with E-state index in [1.807, 2.05) is 31.0 Å². The first-order valence-electron chi connectivity index (χ1n) is 7.60. The quantitative estimate of drug-likeness (QED) is 0.837. The molecule has 0 saturated carbocycles. The van der Waals surface area contributed by atoms with Gasteiger partial charge in [0.1, 0.15) is 5.82 Å². The molecule has 0 saturated heterocycles. The van der Waals surface area contributed by atoms with Gasteiger partial charge in [-0.15, -0.1) is 0 Å². The Balaban J connectivity index is 0.000000713. The number of benzene rings is 1. The molecule has 118 valence electrons. The number of aliphatic hydroxyl groups excluding tert-OH is 1. The van der Waals surface area contributed by atoms with Crippen molar-refractivity contribution in [1.29, 1.82) is 0 Å². The van der Waals surface area contributed by atoms with Crippen LogP contribution in [0, 0.1) is 12.7 Å². The number of β-amino-alcohol motifs (C(OH)–C–C–N with tert-alkyl or cyclic N) is 1. The first-order chi connectivity index (χ1) is 10.0. The molecule has 0 bridgehead atoms. The summed E-state index contributed by atoms with van der Waals surface area (Å²) < 4.78 is 13.5. The van der Waals surface area contributed by atoms with Crippen LogP contribution in [0.5, 0.6) is 0 Å². The monoisotopic (exact) mass is 293 g/mol. The van der Waals surface area contributed by atoms with Crippen LogP contribution < -0.4 is 4.90 Å². The second-order valence-corrected chi connectivity index (χ2v) is 4.58. The maximum absolute atomic E-state index is 13.5. The van der Waals surface area contributed by atoms with Gasteiger partial charge in [0.2, 0.25) is 0 Å². The third kappa shape index (κ3) is 5.35. The van der Waals surface area contributed by atoms with E-state index in [1.165, 1.54) is 12.5 Å². The van der Waals surface area contributed by atoms with Crippen molar-refractivity contribution in [2.24, 2.45) is 0 Å². The van der Waals surface area contributed by atoms with E-state index in [2.05, 4.69) is 20.4 Å². The van der Waals surface area contributed by atoms with Crippen LogP contribution in [0.25, 0.3) is 5.57 Å². The average Bonchev–Trinajstić information content (AvgIpc) is 2.47. The summed E-state index contributed by atoms with van der Waals surface area (Å²) in [5.41, 5.74) is 3.17. The summed E-state index contributed by atoms with van der Waals surface area (Å²) in [6.45, 7) is 14.4. The van der Waals surface area contributed by atoms with E-state index in [0.29, 0.717) is 12.1 Å². The molecule has 1 aliphatic heterocycles. The van der Waals surface area contributed by atoms with Gasteiger partial charge in [-0.3, -0.25) is 0 Å². The van der Waals surface area contributed by atoms with Crippen molar-refractivity contribution in [3.05, 3.63) is 47.9 Å². The van der Waals surface area contributed by atoms with E-state index < -0.39 is 0 Å². The molecule has 0 radical (unpaired) electrons. The lowest BCUT2D eigenvalue weighted by Gasteiger charge is -2.27. The lowest BCUT2D eigenvalue weighted by Crippen LogP contribution is -2.23. The molecule has 0 atom stereocenters. The van der Waals surface area contributed by atoms with E-state index in [9.17, 15) is 4.39 Å². The number of hydrogen-bond donors (Lipinski definition) is 1. The maximum Gasteiger partial charge on any atom is 0.128 e. The Bertz CT molecular complexity index is 480. The van der Waals surface area contributed by atoms with E-state index in [-0.39, 0.29) is 12.4 Å². The van der Waals surface area contributed by atoms with Gasteiger partial charge in [0, 0.05) is 18.3 Å². The molecular formula is C18H28FNO. The van der Waals surface area contributed by atoms with Gasteiger partial charge in [0.05, 0.1) is 12.3 Å². The summed E-state index contributed by atoms with van der Waals surface area (Å²) in [5, 5.41) is 8.94. The van der Waals surface area contributed by atoms with Crippen molar-refractivity contribution in [3.63, 3.8) is 0 Å². The smallest absolute Gasteiger partial charge is 0.128 e. The molecule has 0 aromatic heterocycles. The molecule has 0 fully saturated rings. The minimum Gasteiger partial charge on any atom is -0.395 e. The minimum absolute atomic E-state index is 0.0335. The topological polar surface area (TPSA) is 23.5 Å². The van der Waals surface area contributed by atoms with E-state index in [4.69, 9.17) is 5.11 Å². The van der Waals surface area contributed by atoms with Crippen molar-refractivity contribution in [3.8, 4) is 0 Å².